The van der Waals surface area contributed by atoms with Crippen LogP contribution in [-0.2, 0) is 46.9 Å². The highest BCUT2D eigenvalue weighted by molar-refractivity contribution is 7.47. The van der Waals surface area contributed by atoms with E-state index in [1.807, 2.05) is 35.0 Å². The van der Waals surface area contributed by atoms with Crippen LogP contribution in [0.3, 0.4) is 0 Å². The molecule has 0 bridgehead atoms. The average molecular weight is 1030 g/mol. The quantitative estimate of drug-likeness (QED) is 0.0157. The van der Waals surface area contributed by atoms with Crippen LogP contribution in [0.2, 0.25) is 0 Å². The molecule has 0 aliphatic heterocycles. The van der Waals surface area contributed by atoms with Gasteiger partial charge in [-0.15, -0.1) is 0 Å². The fourth-order valence-electron chi connectivity index (χ4n) is 6.57. The highest BCUT2D eigenvalue weighted by atomic mass is 31.2. The van der Waals surface area contributed by atoms with E-state index in [0.717, 1.165) is 51.2 Å². The Hall–Kier alpha value is -3.28. The predicted octanol–water partition coefficient (Wildman–Crippen LogP) is 10.3. The number of hydrogen-bond acceptors (Lipinski definition) is 12. The number of aliphatic carboxylic acids is 1. The van der Waals surface area contributed by atoms with Gasteiger partial charge in [-0.25, -0.2) is 4.57 Å². The number of carbonyl (C=O) groups is 5. The van der Waals surface area contributed by atoms with Crippen LogP contribution in [0.1, 0.15) is 196 Å². The fourth-order valence-corrected chi connectivity index (χ4v) is 7.31. The van der Waals surface area contributed by atoms with Crippen LogP contribution >= 0.6 is 7.82 Å². The first-order chi connectivity index (χ1) is 34.2. The molecule has 71 heavy (non-hydrogen) atoms. The largest absolute Gasteiger partial charge is 0.481 e. The molecule has 0 fully saturated rings. The number of nitrogens with zero attached hydrogens (tertiary/aromatic N) is 1. The van der Waals surface area contributed by atoms with Gasteiger partial charge in [-0.3, -0.25) is 33.0 Å². The van der Waals surface area contributed by atoms with Gasteiger partial charge in [-0.1, -0.05) is 129 Å². The SMILES string of the molecule is CC.CCCCCCCCCCCCCCCC(=O)OCCCOP(=O)(O)OCC[N+](C)(C)C.O=Cc1ccc(C(=O)NCCCOCCOCCOCCCNC(=O)CCCCCCCC(=O)O)cc1. The first kappa shape index (κ1) is 69.8. The van der Waals surface area contributed by atoms with Crippen LogP contribution in [-0.4, -0.2) is 145 Å². The van der Waals surface area contributed by atoms with Crippen molar-refractivity contribution in [2.24, 2.45) is 0 Å². The molecular formula is C53H99N3O14P+. The predicted molar refractivity (Wildman–Crippen MR) is 281 cm³/mol. The maximum absolute atomic E-state index is 12.0. The summed E-state index contributed by atoms with van der Waals surface area (Å²) in [6.07, 6.45) is 24.6. The van der Waals surface area contributed by atoms with E-state index in [2.05, 4.69) is 17.6 Å². The average Bonchev–Trinajstić information content (AvgIpc) is 3.34. The smallest absolute Gasteiger partial charge is 0.472 e. The zero-order chi connectivity index (χ0) is 53.1. The van der Waals surface area contributed by atoms with E-state index >= 15 is 0 Å². The molecule has 0 aliphatic carbocycles. The molecule has 414 valence electrons. The number of carbonyl (C=O) groups excluding carboxylic acids is 4. The highest BCUT2D eigenvalue weighted by Crippen LogP contribution is 2.43. The van der Waals surface area contributed by atoms with Crippen LogP contribution in [0.5, 0.6) is 0 Å². The van der Waals surface area contributed by atoms with Crippen LogP contribution in [0, 0.1) is 0 Å². The second-order valence-electron chi connectivity index (χ2n) is 18.3. The number of ether oxygens (including phenoxy) is 4. The number of nitrogens with one attached hydrogen (secondary N) is 2. The summed E-state index contributed by atoms with van der Waals surface area (Å²) in [4.78, 5) is 66.1. The molecule has 4 N–H and O–H groups in total. The Kier molecular flexibility index (Phi) is 49.4. The number of phosphoric acid groups is 1. The summed E-state index contributed by atoms with van der Waals surface area (Å²) in [6, 6.07) is 6.46. The summed E-state index contributed by atoms with van der Waals surface area (Å²) in [7, 11) is 1.88. The zero-order valence-corrected chi connectivity index (χ0v) is 45.9. The van der Waals surface area contributed by atoms with Gasteiger partial charge in [0.15, 0.2) is 0 Å². The van der Waals surface area contributed by atoms with E-state index in [1.54, 1.807) is 24.3 Å². The second kappa shape index (κ2) is 50.3. The molecule has 0 saturated heterocycles. The lowest BCUT2D eigenvalue weighted by Crippen LogP contribution is -2.37. The number of aldehydes is 1. The Morgan fingerprint density at radius 3 is 1.51 bits per heavy atom. The summed E-state index contributed by atoms with van der Waals surface area (Å²) in [5, 5.41) is 14.3. The lowest BCUT2D eigenvalue weighted by atomic mass is 10.0. The van der Waals surface area contributed by atoms with Crippen molar-refractivity contribution in [3.63, 3.8) is 0 Å². The molecule has 1 aromatic rings. The van der Waals surface area contributed by atoms with Gasteiger partial charge in [0.2, 0.25) is 5.91 Å². The van der Waals surface area contributed by atoms with Gasteiger partial charge < -0.3 is 44.1 Å². The minimum atomic E-state index is -4.04. The molecule has 17 nitrogen and oxygen atoms in total. The topological polar surface area (TPSA) is 222 Å². The third kappa shape index (κ3) is 52.8. The Labute approximate surface area is 428 Å². The van der Waals surface area contributed by atoms with Crippen molar-refractivity contribution >= 4 is 37.9 Å². The normalized spacial score (nSPS) is 11.9. The molecule has 1 unspecified atom stereocenters. The molecule has 1 aromatic carbocycles. The molecule has 0 saturated carbocycles. The molecule has 2 amide bonds. The first-order valence-electron chi connectivity index (χ1n) is 26.8. The number of unbranched alkanes of at least 4 members (excludes halogenated alkanes) is 16. The maximum atomic E-state index is 12.0. The zero-order valence-electron chi connectivity index (χ0n) is 45.0. The highest BCUT2D eigenvalue weighted by Gasteiger charge is 2.22. The molecule has 0 aromatic heterocycles. The Morgan fingerprint density at radius 2 is 1.01 bits per heavy atom. The number of amides is 2. The van der Waals surface area contributed by atoms with E-state index in [9.17, 15) is 33.4 Å². The molecule has 18 heteroatoms. The standard InChI is InChI=1S/C27H42N2O8.C24H50NO6P.C2H6/c30-22-23-10-12-24(13-11-23)27(34)29-15-7-17-36-19-21-37-20-18-35-16-6-14-28-25(31)8-4-2-1-3-5-9-26(32)33;1-5-6-7-8-9-10-11-12-13-14-15-16-17-19-24(26)29-21-18-22-30-32(27,28)31-23-20-25(2,3)4;1-2/h10-13,22H,1-9,14-21H2,(H,28,31)(H,29,34)(H,32,33);5-23H2,1-4H3;1-2H3/p+1. The van der Waals surface area contributed by atoms with Crippen molar-refractivity contribution in [1.29, 1.82) is 0 Å². The van der Waals surface area contributed by atoms with Crippen molar-refractivity contribution in [3.05, 3.63) is 35.4 Å². The number of benzene rings is 1. The number of rotatable bonds is 47. The molecule has 0 heterocycles. The number of carboxylic acids is 1. The van der Waals surface area contributed by atoms with E-state index in [1.165, 1.54) is 70.6 Å². The van der Waals surface area contributed by atoms with Crippen molar-refractivity contribution in [2.75, 3.05) is 100 Å². The number of hydrogen-bond donors (Lipinski definition) is 4. The summed E-state index contributed by atoms with van der Waals surface area (Å²) in [5.41, 5.74) is 1.05. The van der Waals surface area contributed by atoms with E-state index in [4.69, 9.17) is 33.1 Å². The number of quaternary nitrogens is 1. The lowest BCUT2D eigenvalue weighted by Gasteiger charge is -2.24. The summed E-state index contributed by atoms with van der Waals surface area (Å²) in [6.45, 7) is 11.3. The van der Waals surface area contributed by atoms with E-state index < -0.39 is 13.8 Å². The Morgan fingerprint density at radius 1 is 0.563 bits per heavy atom. The van der Waals surface area contributed by atoms with Gasteiger partial charge in [0, 0.05) is 63.1 Å². The Bertz CT molecular complexity index is 1480. The summed E-state index contributed by atoms with van der Waals surface area (Å²) >= 11 is 0. The van der Waals surface area contributed by atoms with E-state index in [-0.39, 0.29) is 44.0 Å². The molecule has 0 spiro atoms. The molecule has 1 rings (SSSR count). The van der Waals surface area contributed by atoms with Gasteiger partial charge >= 0.3 is 19.8 Å². The fraction of sp³-hybridized carbons (Fsp3) is 0.792. The molecule has 0 radical (unpaired) electrons. The molecular weight excluding hydrogens is 934 g/mol. The molecule has 1 atom stereocenters. The third-order valence-electron chi connectivity index (χ3n) is 10.7. The summed E-state index contributed by atoms with van der Waals surface area (Å²) in [5.74, 6) is -1.10. The monoisotopic (exact) mass is 1030 g/mol. The van der Waals surface area contributed by atoms with Crippen LogP contribution in [0.4, 0.5) is 0 Å². The van der Waals surface area contributed by atoms with Crippen LogP contribution in [0.25, 0.3) is 0 Å². The van der Waals surface area contributed by atoms with Crippen LogP contribution in [0.15, 0.2) is 24.3 Å². The Balaban J connectivity index is 0. The van der Waals surface area contributed by atoms with Crippen molar-refractivity contribution < 1.29 is 71.0 Å². The van der Waals surface area contributed by atoms with Gasteiger partial charge in [0.25, 0.3) is 5.91 Å². The van der Waals surface area contributed by atoms with Gasteiger partial charge in [0.05, 0.1) is 60.8 Å². The van der Waals surface area contributed by atoms with Crippen molar-refractivity contribution in [1.82, 2.24) is 10.6 Å². The first-order valence-corrected chi connectivity index (χ1v) is 28.3. The van der Waals surface area contributed by atoms with Crippen LogP contribution < -0.4 is 10.6 Å². The number of carboxylic acid groups (broad SMARTS) is 1. The van der Waals surface area contributed by atoms with Crippen molar-refractivity contribution in [2.45, 2.75) is 175 Å². The van der Waals surface area contributed by atoms with Gasteiger partial charge in [-0.2, -0.15) is 0 Å². The number of phosphoric ester groups is 1. The second-order valence-corrected chi connectivity index (χ2v) is 19.7. The molecule has 0 aliphatic rings. The van der Waals surface area contributed by atoms with Gasteiger partial charge in [0.1, 0.15) is 19.4 Å². The van der Waals surface area contributed by atoms with Gasteiger partial charge in [-0.05, 0) is 44.2 Å². The minimum Gasteiger partial charge on any atom is -0.481 e. The number of likely N-dealkylation sites (N-methyl/N-ethyl adjacent to an activating group) is 1. The minimum absolute atomic E-state index is 0.0180. The maximum Gasteiger partial charge on any atom is 0.472 e. The number of esters is 1. The lowest BCUT2D eigenvalue weighted by molar-refractivity contribution is -0.870. The summed E-state index contributed by atoms with van der Waals surface area (Å²) < 4.78 is 43.8. The van der Waals surface area contributed by atoms with Crippen molar-refractivity contribution in [3.8, 4) is 0 Å². The van der Waals surface area contributed by atoms with E-state index in [0.29, 0.717) is 107 Å². The third-order valence-corrected chi connectivity index (χ3v) is 11.7.